The predicted octanol–water partition coefficient (Wildman–Crippen LogP) is 3.69. The number of fused-ring (bicyclic) bond motifs is 1. The molecule has 11 heteroatoms. The molecule has 4 rings (SSSR count). The van der Waals surface area contributed by atoms with Crippen molar-refractivity contribution in [3.8, 4) is 0 Å². The SMILES string of the molecule is CN(C)C[C@@H](OC(=O)N1Cc2c(Nc3ncncc3F)n[nH]c2C1(C)C)c1ccccc1.S. The second-order valence-electron chi connectivity index (χ2n) is 8.46. The van der Waals surface area contributed by atoms with E-state index in [9.17, 15) is 9.18 Å². The van der Waals surface area contributed by atoms with Gasteiger partial charge in [-0.1, -0.05) is 30.3 Å². The van der Waals surface area contributed by atoms with Crippen LogP contribution in [0.25, 0.3) is 0 Å². The van der Waals surface area contributed by atoms with E-state index in [0.29, 0.717) is 12.4 Å². The Hall–Kier alpha value is -3.18. The number of hydrogen-bond acceptors (Lipinski definition) is 7. The lowest BCUT2D eigenvalue weighted by molar-refractivity contribution is 0.0259. The summed E-state index contributed by atoms with van der Waals surface area (Å²) in [5.41, 5.74) is 1.75. The predicted molar refractivity (Wildman–Crippen MR) is 127 cm³/mol. The van der Waals surface area contributed by atoms with Crippen molar-refractivity contribution in [3.05, 3.63) is 65.5 Å². The van der Waals surface area contributed by atoms with Crippen molar-refractivity contribution in [3.63, 3.8) is 0 Å². The van der Waals surface area contributed by atoms with Gasteiger partial charge in [-0.2, -0.15) is 18.6 Å². The highest BCUT2D eigenvalue weighted by molar-refractivity contribution is 7.59. The third-order valence-electron chi connectivity index (χ3n) is 5.54. The van der Waals surface area contributed by atoms with E-state index in [1.54, 1.807) is 4.90 Å². The molecule has 0 spiro atoms. The molecule has 176 valence electrons. The first-order chi connectivity index (χ1) is 15.3. The van der Waals surface area contributed by atoms with Crippen LogP contribution in [-0.2, 0) is 16.8 Å². The molecule has 1 aromatic carbocycles. The monoisotopic (exact) mass is 473 g/mol. The fraction of sp³-hybridized carbons (Fsp3) is 0.364. The number of hydrogen-bond donors (Lipinski definition) is 2. The maximum absolute atomic E-state index is 14.0. The second-order valence-corrected chi connectivity index (χ2v) is 8.46. The van der Waals surface area contributed by atoms with Crippen molar-refractivity contribution in [1.29, 1.82) is 0 Å². The van der Waals surface area contributed by atoms with E-state index < -0.39 is 23.6 Å². The number of carbonyl (C=O) groups excluding carboxylic acids is 1. The summed E-state index contributed by atoms with van der Waals surface area (Å²) in [5.74, 6) is -0.163. The maximum Gasteiger partial charge on any atom is 0.411 e. The Morgan fingerprint density at radius 2 is 2.03 bits per heavy atom. The molecular formula is C22H28FN7O2S. The van der Waals surface area contributed by atoms with Crippen LogP contribution >= 0.6 is 13.5 Å². The number of nitrogens with one attached hydrogen (secondary N) is 2. The van der Waals surface area contributed by atoms with Gasteiger partial charge in [0.25, 0.3) is 0 Å². The van der Waals surface area contributed by atoms with Crippen LogP contribution in [0.4, 0.5) is 20.8 Å². The zero-order valence-electron chi connectivity index (χ0n) is 19.0. The summed E-state index contributed by atoms with van der Waals surface area (Å²) in [5, 5.41) is 10.1. The van der Waals surface area contributed by atoms with Gasteiger partial charge in [-0.15, -0.1) is 0 Å². The lowest BCUT2D eigenvalue weighted by Crippen LogP contribution is -2.42. The molecule has 1 atom stereocenters. The average Bonchev–Trinajstić information content (AvgIpc) is 3.27. The molecule has 2 N–H and O–H groups in total. The number of rotatable bonds is 6. The molecule has 0 saturated heterocycles. The summed E-state index contributed by atoms with van der Waals surface area (Å²) in [6, 6.07) is 9.66. The molecule has 1 amide bonds. The first-order valence-corrected chi connectivity index (χ1v) is 10.3. The van der Waals surface area contributed by atoms with Gasteiger partial charge >= 0.3 is 6.09 Å². The fourth-order valence-electron chi connectivity index (χ4n) is 3.82. The minimum absolute atomic E-state index is 0. The number of benzene rings is 1. The quantitative estimate of drug-likeness (QED) is 0.563. The van der Waals surface area contributed by atoms with Crippen LogP contribution in [-0.4, -0.2) is 56.7 Å². The molecule has 2 aromatic heterocycles. The van der Waals surface area contributed by atoms with Gasteiger partial charge in [0.2, 0.25) is 0 Å². The average molecular weight is 474 g/mol. The van der Waals surface area contributed by atoms with Crippen LogP contribution in [0, 0.1) is 5.82 Å². The van der Waals surface area contributed by atoms with Gasteiger partial charge in [0.1, 0.15) is 12.4 Å². The van der Waals surface area contributed by atoms with E-state index in [1.807, 2.05) is 63.2 Å². The standard InChI is InChI=1S/C22H26FN7O2.H2S/c1-22(2)18-15(19(28-27-18)26-20-16(23)10-24-13-25-20)11-30(22)21(31)32-17(12-29(3)4)14-8-6-5-7-9-14;/h5-10,13,17H,11-12H2,1-4H3,(H2,24,25,26,27,28);1H2/t17-;/m1./s1. The van der Waals surface area contributed by atoms with Crippen molar-refractivity contribution >= 4 is 31.2 Å². The highest BCUT2D eigenvalue weighted by Gasteiger charge is 2.45. The normalized spacial score (nSPS) is 15.0. The summed E-state index contributed by atoms with van der Waals surface area (Å²) in [4.78, 5) is 24.4. The Morgan fingerprint density at radius 1 is 1.30 bits per heavy atom. The lowest BCUT2D eigenvalue weighted by Gasteiger charge is -2.33. The molecule has 0 aliphatic carbocycles. The first-order valence-electron chi connectivity index (χ1n) is 10.3. The summed E-state index contributed by atoms with van der Waals surface area (Å²) < 4.78 is 19.9. The van der Waals surface area contributed by atoms with Crippen molar-refractivity contribution in [2.45, 2.75) is 32.0 Å². The zero-order chi connectivity index (χ0) is 22.9. The van der Waals surface area contributed by atoms with Crippen LogP contribution in [0.15, 0.2) is 42.9 Å². The fourth-order valence-corrected chi connectivity index (χ4v) is 3.82. The Labute approximate surface area is 198 Å². The summed E-state index contributed by atoms with van der Waals surface area (Å²) in [6.45, 7) is 4.64. The Kier molecular flexibility index (Phi) is 7.23. The number of nitrogens with zero attached hydrogens (tertiary/aromatic N) is 5. The Morgan fingerprint density at radius 3 is 2.70 bits per heavy atom. The smallest absolute Gasteiger partial charge is 0.411 e. The van der Waals surface area contributed by atoms with Gasteiger partial charge in [0, 0.05) is 12.1 Å². The molecule has 0 radical (unpaired) electrons. The number of anilines is 2. The molecule has 0 bridgehead atoms. The minimum Gasteiger partial charge on any atom is -0.440 e. The summed E-state index contributed by atoms with van der Waals surface area (Å²) in [7, 11) is 3.87. The van der Waals surface area contributed by atoms with Crippen molar-refractivity contribution in [2.75, 3.05) is 26.0 Å². The van der Waals surface area contributed by atoms with Crippen molar-refractivity contribution in [2.24, 2.45) is 0 Å². The number of ether oxygens (including phenoxy) is 1. The van der Waals surface area contributed by atoms with Gasteiger partial charge in [0.15, 0.2) is 17.5 Å². The molecule has 0 unspecified atom stereocenters. The number of aromatic amines is 1. The van der Waals surface area contributed by atoms with E-state index in [1.165, 1.54) is 6.33 Å². The Balaban J connectivity index is 0.00000306. The van der Waals surface area contributed by atoms with Crippen LogP contribution in [0.2, 0.25) is 0 Å². The molecule has 9 nitrogen and oxygen atoms in total. The van der Waals surface area contributed by atoms with Gasteiger partial charge in [-0.3, -0.25) is 10.00 Å². The topological polar surface area (TPSA) is 99.3 Å². The number of amides is 1. The molecule has 1 aliphatic heterocycles. The number of carbonyl (C=O) groups is 1. The van der Waals surface area contributed by atoms with E-state index in [0.717, 1.165) is 23.0 Å². The largest absolute Gasteiger partial charge is 0.440 e. The summed E-state index contributed by atoms with van der Waals surface area (Å²) in [6.07, 6.45) is 1.47. The third-order valence-corrected chi connectivity index (χ3v) is 5.54. The van der Waals surface area contributed by atoms with Crippen molar-refractivity contribution in [1.82, 2.24) is 30.0 Å². The molecular weight excluding hydrogens is 445 g/mol. The number of halogens is 1. The highest BCUT2D eigenvalue weighted by Crippen LogP contribution is 2.42. The van der Waals surface area contributed by atoms with Crippen LogP contribution in [0.5, 0.6) is 0 Å². The van der Waals surface area contributed by atoms with E-state index in [4.69, 9.17) is 4.74 Å². The van der Waals surface area contributed by atoms with Gasteiger partial charge in [-0.05, 0) is 33.5 Å². The van der Waals surface area contributed by atoms with E-state index in [-0.39, 0.29) is 25.9 Å². The van der Waals surface area contributed by atoms with E-state index >= 15 is 0 Å². The minimum atomic E-state index is -0.692. The first kappa shape index (κ1) is 24.5. The molecule has 0 fully saturated rings. The highest BCUT2D eigenvalue weighted by atomic mass is 32.1. The van der Waals surface area contributed by atoms with Crippen molar-refractivity contribution < 1.29 is 13.9 Å². The van der Waals surface area contributed by atoms with E-state index in [2.05, 4.69) is 25.5 Å². The zero-order valence-corrected chi connectivity index (χ0v) is 20.0. The molecule has 3 aromatic rings. The van der Waals surface area contributed by atoms with Gasteiger partial charge < -0.3 is 15.0 Å². The lowest BCUT2D eigenvalue weighted by atomic mass is 10.0. The van der Waals surface area contributed by atoms with Crippen LogP contribution in [0.1, 0.15) is 36.8 Å². The van der Waals surface area contributed by atoms with Crippen LogP contribution in [0.3, 0.4) is 0 Å². The Bertz CT molecular complexity index is 1110. The molecule has 33 heavy (non-hydrogen) atoms. The number of H-pyrrole nitrogens is 1. The number of likely N-dealkylation sites (N-methyl/N-ethyl adjacent to an activating group) is 1. The number of aromatic nitrogens is 4. The molecule has 1 aliphatic rings. The summed E-state index contributed by atoms with van der Waals surface area (Å²) >= 11 is 0. The van der Waals surface area contributed by atoms with Gasteiger partial charge in [-0.25, -0.2) is 19.2 Å². The van der Waals surface area contributed by atoms with Crippen LogP contribution < -0.4 is 5.32 Å². The maximum atomic E-state index is 14.0. The molecule has 3 heterocycles. The second kappa shape index (κ2) is 9.75. The molecule has 0 saturated carbocycles. The third kappa shape index (κ3) is 4.93. The van der Waals surface area contributed by atoms with Gasteiger partial charge in [0.05, 0.1) is 24.0 Å².